The molecule has 2 rings (SSSR count). The predicted octanol–water partition coefficient (Wildman–Crippen LogP) is 1.78. The summed E-state index contributed by atoms with van der Waals surface area (Å²) in [5.41, 5.74) is 0. The molecule has 98 valence electrons. The van der Waals surface area contributed by atoms with E-state index in [2.05, 4.69) is 5.32 Å². The number of phenols is 1. The SMILES string of the molecule is O=C(CSc1ccc(O)cc1)NC[C@@H]1CCCO1. The maximum absolute atomic E-state index is 11.6. The number of hydrogen-bond donors (Lipinski definition) is 2. The van der Waals surface area contributed by atoms with E-state index < -0.39 is 0 Å². The van der Waals surface area contributed by atoms with Gasteiger partial charge < -0.3 is 15.2 Å². The summed E-state index contributed by atoms with van der Waals surface area (Å²) in [6, 6.07) is 6.83. The quantitative estimate of drug-likeness (QED) is 0.798. The molecule has 1 amide bonds. The van der Waals surface area contributed by atoms with Gasteiger partial charge in [-0.05, 0) is 37.1 Å². The van der Waals surface area contributed by atoms with Crippen LogP contribution in [-0.2, 0) is 9.53 Å². The molecule has 0 unspecified atom stereocenters. The molecule has 1 atom stereocenters. The van der Waals surface area contributed by atoms with Gasteiger partial charge in [-0.15, -0.1) is 11.8 Å². The third kappa shape index (κ3) is 4.23. The second kappa shape index (κ2) is 6.66. The lowest BCUT2D eigenvalue weighted by Crippen LogP contribution is -2.32. The molecule has 1 heterocycles. The first-order chi connectivity index (χ1) is 8.74. The lowest BCUT2D eigenvalue weighted by molar-refractivity contribution is -0.119. The van der Waals surface area contributed by atoms with Crippen molar-refractivity contribution < 1.29 is 14.6 Å². The van der Waals surface area contributed by atoms with Gasteiger partial charge in [0.05, 0.1) is 11.9 Å². The van der Waals surface area contributed by atoms with Crippen molar-refractivity contribution >= 4 is 17.7 Å². The fourth-order valence-corrected chi connectivity index (χ4v) is 2.50. The van der Waals surface area contributed by atoms with Crippen LogP contribution in [0, 0.1) is 0 Å². The van der Waals surface area contributed by atoms with Crippen LogP contribution in [0.15, 0.2) is 29.2 Å². The van der Waals surface area contributed by atoms with Gasteiger partial charge >= 0.3 is 0 Å². The molecule has 5 heteroatoms. The van der Waals surface area contributed by atoms with E-state index in [-0.39, 0.29) is 17.8 Å². The molecular formula is C13H17NO3S. The van der Waals surface area contributed by atoms with E-state index in [0.29, 0.717) is 12.3 Å². The highest BCUT2D eigenvalue weighted by Gasteiger charge is 2.15. The lowest BCUT2D eigenvalue weighted by Gasteiger charge is -2.10. The van der Waals surface area contributed by atoms with Gasteiger partial charge in [-0.3, -0.25) is 4.79 Å². The third-order valence-corrected chi connectivity index (χ3v) is 3.77. The first-order valence-corrected chi connectivity index (χ1v) is 7.03. The van der Waals surface area contributed by atoms with Crippen LogP contribution in [0.3, 0.4) is 0 Å². The van der Waals surface area contributed by atoms with E-state index in [1.54, 1.807) is 24.3 Å². The third-order valence-electron chi connectivity index (χ3n) is 2.76. The van der Waals surface area contributed by atoms with Crippen molar-refractivity contribution in [2.24, 2.45) is 0 Å². The Labute approximate surface area is 111 Å². The number of aromatic hydroxyl groups is 1. The van der Waals surface area contributed by atoms with E-state index in [1.807, 2.05) is 0 Å². The van der Waals surface area contributed by atoms with Crippen LogP contribution in [0.5, 0.6) is 5.75 Å². The maximum atomic E-state index is 11.6. The van der Waals surface area contributed by atoms with E-state index >= 15 is 0 Å². The summed E-state index contributed by atoms with van der Waals surface area (Å²) in [6.07, 6.45) is 2.31. The van der Waals surface area contributed by atoms with Crippen molar-refractivity contribution in [1.29, 1.82) is 0 Å². The fraction of sp³-hybridized carbons (Fsp3) is 0.462. The average Bonchev–Trinajstić information content (AvgIpc) is 2.89. The number of ether oxygens (including phenoxy) is 1. The standard InChI is InChI=1S/C13H17NO3S/c15-10-3-5-12(6-4-10)18-9-13(16)14-8-11-2-1-7-17-11/h3-6,11,15H,1-2,7-9H2,(H,14,16)/t11-/m0/s1. The second-order valence-electron chi connectivity index (χ2n) is 4.22. The molecule has 1 fully saturated rings. The number of carbonyl (C=O) groups excluding carboxylic acids is 1. The number of thioether (sulfide) groups is 1. The van der Waals surface area contributed by atoms with Crippen molar-refractivity contribution in [2.45, 2.75) is 23.8 Å². The Balaban J connectivity index is 1.66. The van der Waals surface area contributed by atoms with Gasteiger partial charge in [0.15, 0.2) is 0 Å². The van der Waals surface area contributed by atoms with E-state index in [1.165, 1.54) is 11.8 Å². The molecule has 0 aromatic heterocycles. The Morgan fingerprint density at radius 2 is 2.22 bits per heavy atom. The van der Waals surface area contributed by atoms with E-state index in [0.717, 1.165) is 24.3 Å². The summed E-state index contributed by atoms with van der Waals surface area (Å²) in [7, 11) is 0. The van der Waals surface area contributed by atoms with Crippen molar-refractivity contribution in [1.82, 2.24) is 5.32 Å². The molecule has 0 spiro atoms. The highest BCUT2D eigenvalue weighted by atomic mass is 32.2. The Hall–Kier alpha value is -1.20. The van der Waals surface area contributed by atoms with Gasteiger partial charge in [0.1, 0.15) is 5.75 Å². The maximum Gasteiger partial charge on any atom is 0.230 e. The predicted molar refractivity (Wildman–Crippen MR) is 70.8 cm³/mol. The van der Waals surface area contributed by atoms with Crippen LogP contribution in [-0.4, -0.2) is 36.0 Å². The Kier molecular flexibility index (Phi) is 4.90. The first kappa shape index (κ1) is 13.2. The minimum atomic E-state index is 0.0172. The van der Waals surface area contributed by atoms with Crippen molar-refractivity contribution in [3.8, 4) is 5.75 Å². The van der Waals surface area contributed by atoms with Crippen molar-refractivity contribution in [3.05, 3.63) is 24.3 Å². The molecule has 0 bridgehead atoms. The molecule has 1 aromatic rings. The largest absolute Gasteiger partial charge is 0.508 e. The van der Waals surface area contributed by atoms with Gasteiger partial charge in [0, 0.05) is 18.0 Å². The molecule has 1 saturated heterocycles. The molecule has 2 N–H and O–H groups in total. The molecular weight excluding hydrogens is 250 g/mol. The Morgan fingerprint density at radius 3 is 2.89 bits per heavy atom. The van der Waals surface area contributed by atoms with Crippen LogP contribution in [0.25, 0.3) is 0 Å². The highest BCUT2D eigenvalue weighted by Crippen LogP contribution is 2.20. The number of benzene rings is 1. The Morgan fingerprint density at radius 1 is 1.44 bits per heavy atom. The normalized spacial score (nSPS) is 18.8. The molecule has 0 radical (unpaired) electrons. The minimum absolute atomic E-state index is 0.0172. The summed E-state index contributed by atoms with van der Waals surface area (Å²) in [5, 5.41) is 12.0. The highest BCUT2D eigenvalue weighted by molar-refractivity contribution is 8.00. The average molecular weight is 267 g/mol. The smallest absolute Gasteiger partial charge is 0.230 e. The zero-order valence-corrected chi connectivity index (χ0v) is 10.9. The van der Waals surface area contributed by atoms with E-state index in [4.69, 9.17) is 9.84 Å². The topological polar surface area (TPSA) is 58.6 Å². The zero-order valence-electron chi connectivity index (χ0n) is 10.1. The van der Waals surface area contributed by atoms with Crippen LogP contribution < -0.4 is 5.32 Å². The summed E-state index contributed by atoms with van der Waals surface area (Å²) >= 11 is 1.46. The van der Waals surface area contributed by atoms with Gasteiger partial charge in [-0.25, -0.2) is 0 Å². The lowest BCUT2D eigenvalue weighted by atomic mass is 10.2. The molecule has 1 aliphatic heterocycles. The second-order valence-corrected chi connectivity index (χ2v) is 5.27. The number of nitrogens with one attached hydrogen (secondary N) is 1. The summed E-state index contributed by atoms with van der Waals surface area (Å²) in [5.74, 6) is 0.642. The van der Waals surface area contributed by atoms with Gasteiger partial charge in [-0.1, -0.05) is 0 Å². The van der Waals surface area contributed by atoms with Gasteiger partial charge in [-0.2, -0.15) is 0 Å². The molecule has 1 aromatic carbocycles. The van der Waals surface area contributed by atoms with Crippen molar-refractivity contribution in [2.75, 3.05) is 18.9 Å². The minimum Gasteiger partial charge on any atom is -0.508 e. The number of carbonyl (C=O) groups is 1. The van der Waals surface area contributed by atoms with Crippen LogP contribution in [0.4, 0.5) is 0 Å². The van der Waals surface area contributed by atoms with Crippen LogP contribution >= 0.6 is 11.8 Å². The van der Waals surface area contributed by atoms with Gasteiger partial charge in [0.2, 0.25) is 5.91 Å². The zero-order chi connectivity index (χ0) is 12.8. The number of amides is 1. The molecule has 0 saturated carbocycles. The molecule has 0 aliphatic carbocycles. The number of phenolic OH excluding ortho intramolecular Hbond substituents is 1. The van der Waals surface area contributed by atoms with E-state index in [9.17, 15) is 4.79 Å². The Bertz CT molecular complexity index is 388. The van der Waals surface area contributed by atoms with Gasteiger partial charge in [0.25, 0.3) is 0 Å². The summed E-state index contributed by atoms with van der Waals surface area (Å²) in [4.78, 5) is 12.6. The van der Waals surface area contributed by atoms with Crippen LogP contribution in [0.2, 0.25) is 0 Å². The number of rotatable bonds is 5. The van der Waals surface area contributed by atoms with Crippen LogP contribution in [0.1, 0.15) is 12.8 Å². The molecule has 1 aliphatic rings. The molecule has 4 nitrogen and oxygen atoms in total. The summed E-state index contributed by atoms with van der Waals surface area (Å²) < 4.78 is 5.43. The molecule has 18 heavy (non-hydrogen) atoms. The van der Waals surface area contributed by atoms with Crippen molar-refractivity contribution in [3.63, 3.8) is 0 Å². The number of hydrogen-bond acceptors (Lipinski definition) is 4. The monoisotopic (exact) mass is 267 g/mol. The first-order valence-electron chi connectivity index (χ1n) is 6.04. The fourth-order valence-electron chi connectivity index (χ4n) is 1.78. The summed E-state index contributed by atoms with van der Waals surface area (Å²) in [6.45, 7) is 1.41.